The van der Waals surface area contributed by atoms with Crippen molar-refractivity contribution in [3.63, 3.8) is 0 Å². The second kappa shape index (κ2) is 5.85. The summed E-state index contributed by atoms with van der Waals surface area (Å²) >= 11 is 6.48. The van der Waals surface area contributed by atoms with E-state index in [2.05, 4.69) is 10.4 Å². The summed E-state index contributed by atoms with van der Waals surface area (Å²) in [5, 5.41) is 8.08. The third-order valence-corrected chi connectivity index (χ3v) is 7.07. The quantitative estimate of drug-likeness (QED) is 0.839. The molecular weight excluding hydrogens is 346 g/mol. The van der Waals surface area contributed by atoms with Crippen molar-refractivity contribution in [3.8, 4) is 0 Å². The Balaban J connectivity index is 1.49. The summed E-state index contributed by atoms with van der Waals surface area (Å²) in [6.07, 6.45) is 9.02. The molecule has 0 saturated heterocycles. The number of hydrogen-bond acceptors (Lipinski definition) is 3. The van der Waals surface area contributed by atoms with Gasteiger partial charge in [0.1, 0.15) is 5.02 Å². The molecule has 0 radical (unpaired) electrons. The summed E-state index contributed by atoms with van der Waals surface area (Å²) in [4.78, 5) is 13.1. The van der Waals surface area contributed by atoms with E-state index in [1.165, 1.54) is 24.8 Å². The summed E-state index contributed by atoms with van der Waals surface area (Å²) in [5.41, 5.74) is 2.44. The van der Waals surface area contributed by atoms with Crippen LogP contribution in [0.1, 0.15) is 44.1 Å². The monoisotopic (exact) mass is 369 g/mol. The summed E-state index contributed by atoms with van der Waals surface area (Å²) < 4.78 is 1.74. The topological polar surface area (TPSA) is 46.9 Å². The molecule has 0 unspecified atom stereocenters. The first-order valence-corrected chi connectivity index (χ1v) is 10.0. The molecule has 4 aliphatic rings. The van der Waals surface area contributed by atoms with Gasteiger partial charge in [-0.1, -0.05) is 29.3 Å². The average Bonchev–Trinajstić information content (AvgIpc) is 2.59. The molecule has 4 bridgehead atoms. The van der Waals surface area contributed by atoms with E-state index in [0.29, 0.717) is 5.69 Å². The standard InChI is InChI=1S/C21H24ClN3O/c1-13-2-4-17(5-3-13)24-18-12-23-25(20(26)19(18)22)21-9-14-6-15(10-21)8-16(7-14)11-21/h2-5,12,14-16,24H,6-11H2,1H3. The highest BCUT2D eigenvalue weighted by molar-refractivity contribution is 6.33. The molecule has 1 aromatic heterocycles. The number of benzene rings is 1. The van der Waals surface area contributed by atoms with E-state index >= 15 is 0 Å². The first-order valence-electron chi connectivity index (χ1n) is 9.64. The average molecular weight is 370 g/mol. The number of hydrogen-bond donors (Lipinski definition) is 1. The molecular formula is C21H24ClN3O. The second-order valence-electron chi connectivity index (χ2n) is 8.72. The highest BCUT2D eigenvalue weighted by Crippen LogP contribution is 2.58. The fourth-order valence-corrected chi connectivity index (χ4v) is 6.15. The normalized spacial score (nSPS) is 32.0. The molecule has 2 aromatic rings. The van der Waals surface area contributed by atoms with Gasteiger partial charge in [0, 0.05) is 5.69 Å². The van der Waals surface area contributed by atoms with E-state index in [1.807, 2.05) is 31.2 Å². The molecule has 4 nitrogen and oxygen atoms in total. The number of halogens is 1. The summed E-state index contributed by atoms with van der Waals surface area (Å²) in [6.45, 7) is 2.05. The molecule has 4 fully saturated rings. The van der Waals surface area contributed by atoms with E-state index in [9.17, 15) is 4.79 Å². The van der Waals surface area contributed by atoms with Crippen LogP contribution in [0.15, 0.2) is 35.3 Å². The molecule has 1 N–H and O–H groups in total. The maximum atomic E-state index is 13.1. The van der Waals surface area contributed by atoms with Gasteiger partial charge in [-0.25, -0.2) is 4.68 Å². The van der Waals surface area contributed by atoms with Crippen LogP contribution in [-0.2, 0) is 5.54 Å². The van der Waals surface area contributed by atoms with E-state index in [0.717, 1.165) is 42.7 Å². The molecule has 4 aliphatic carbocycles. The molecule has 6 rings (SSSR count). The minimum Gasteiger partial charge on any atom is -0.353 e. The smallest absolute Gasteiger partial charge is 0.288 e. The maximum Gasteiger partial charge on any atom is 0.288 e. The van der Waals surface area contributed by atoms with Gasteiger partial charge in [-0.3, -0.25) is 4.79 Å². The van der Waals surface area contributed by atoms with Crippen molar-refractivity contribution in [3.05, 3.63) is 51.4 Å². The predicted octanol–water partition coefficient (Wildman–Crippen LogP) is 4.87. The number of nitrogens with one attached hydrogen (secondary N) is 1. The van der Waals surface area contributed by atoms with Gasteiger partial charge in [0.2, 0.25) is 0 Å². The van der Waals surface area contributed by atoms with Crippen molar-refractivity contribution in [1.82, 2.24) is 9.78 Å². The zero-order valence-electron chi connectivity index (χ0n) is 15.0. The zero-order valence-corrected chi connectivity index (χ0v) is 15.8. The number of aryl methyl sites for hydroxylation is 1. The molecule has 136 valence electrons. The van der Waals surface area contributed by atoms with Crippen LogP contribution >= 0.6 is 11.6 Å². The lowest BCUT2D eigenvalue weighted by Crippen LogP contribution is -2.55. The van der Waals surface area contributed by atoms with Crippen LogP contribution < -0.4 is 10.9 Å². The molecule has 0 aliphatic heterocycles. The highest BCUT2D eigenvalue weighted by Gasteiger charge is 2.53. The fraction of sp³-hybridized carbons (Fsp3) is 0.524. The van der Waals surface area contributed by atoms with Gasteiger partial charge >= 0.3 is 0 Å². The molecule has 26 heavy (non-hydrogen) atoms. The van der Waals surface area contributed by atoms with Gasteiger partial charge in [-0.05, 0) is 75.3 Å². The number of nitrogens with zero attached hydrogens (tertiary/aromatic N) is 2. The Morgan fingerprint density at radius 1 is 1.08 bits per heavy atom. The highest BCUT2D eigenvalue weighted by atomic mass is 35.5. The first-order chi connectivity index (χ1) is 12.5. The molecule has 1 aromatic carbocycles. The lowest BCUT2D eigenvalue weighted by molar-refractivity contribution is -0.0518. The van der Waals surface area contributed by atoms with Crippen molar-refractivity contribution in [2.75, 3.05) is 5.32 Å². The Labute approximate surface area is 158 Å². The second-order valence-corrected chi connectivity index (χ2v) is 9.10. The lowest BCUT2D eigenvalue weighted by atomic mass is 9.53. The number of rotatable bonds is 3. The third kappa shape index (κ3) is 2.58. The Morgan fingerprint density at radius 2 is 1.65 bits per heavy atom. The van der Waals surface area contributed by atoms with Crippen molar-refractivity contribution in [1.29, 1.82) is 0 Å². The largest absolute Gasteiger partial charge is 0.353 e. The maximum absolute atomic E-state index is 13.1. The van der Waals surface area contributed by atoms with E-state index in [4.69, 9.17) is 11.6 Å². The van der Waals surface area contributed by atoms with Crippen LogP contribution in [0.5, 0.6) is 0 Å². The molecule has 1 heterocycles. The van der Waals surface area contributed by atoms with Gasteiger partial charge in [0.25, 0.3) is 5.56 Å². The van der Waals surface area contributed by atoms with E-state index in [-0.39, 0.29) is 16.1 Å². The third-order valence-electron chi connectivity index (χ3n) is 6.70. The van der Waals surface area contributed by atoms with Crippen molar-refractivity contribution in [2.45, 2.75) is 51.0 Å². The Morgan fingerprint density at radius 3 is 2.23 bits per heavy atom. The zero-order chi connectivity index (χ0) is 17.9. The number of aromatic nitrogens is 2. The molecule has 0 atom stereocenters. The summed E-state index contributed by atoms with van der Waals surface area (Å²) in [7, 11) is 0. The Hall–Kier alpha value is -1.81. The van der Waals surface area contributed by atoms with Crippen LogP contribution in [0.2, 0.25) is 5.02 Å². The van der Waals surface area contributed by atoms with Gasteiger partial charge in [0.05, 0.1) is 17.4 Å². The molecule has 4 saturated carbocycles. The fourth-order valence-electron chi connectivity index (χ4n) is 5.97. The minimum absolute atomic E-state index is 0.0993. The Kier molecular flexibility index (Phi) is 3.68. The van der Waals surface area contributed by atoms with Gasteiger partial charge < -0.3 is 5.32 Å². The van der Waals surface area contributed by atoms with Crippen LogP contribution in [0.25, 0.3) is 0 Å². The Bertz CT molecular complexity index is 867. The van der Waals surface area contributed by atoms with E-state index in [1.54, 1.807) is 10.9 Å². The molecule has 5 heteroatoms. The molecule has 0 spiro atoms. The van der Waals surface area contributed by atoms with E-state index < -0.39 is 0 Å². The van der Waals surface area contributed by atoms with Crippen LogP contribution in [0.4, 0.5) is 11.4 Å². The predicted molar refractivity (Wildman–Crippen MR) is 104 cm³/mol. The SMILES string of the molecule is Cc1ccc(Nc2cnn(C34CC5CC(CC(C5)C3)C4)c(=O)c2Cl)cc1. The minimum atomic E-state index is -0.147. The van der Waals surface area contributed by atoms with Crippen LogP contribution in [-0.4, -0.2) is 9.78 Å². The van der Waals surface area contributed by atoms with Gasteiger partial charge in [-0.15, -0.1) is 0 Å². The summed E-state index contributed by atoms with van der Waals surface area (Å²) in [6, 6.07) is 8.02. The van der Waals surface area contributed by atoms with Crippen molar-refractivity contribution >= 4 is 23.0 Å². The molecule has 0 amide bonds. The van der Waals surface area contributed by atoms with Crippen molar-refractivity contribution in [2.24, 2.45) is 17.8 Å². The van der Waals surface area contributed by atoms with Crippen LogP contribution in [0.3, 0.4) is 0 Å². The first kappa shape index (κ1) is 16.4. The van der Waals surface area contributed by atoms with Gasteiger partial charge in [-0.2, -0.15) is 5.10 Å². The van der Waals surface area contributed by atoms with Crippen LogP contribution in [0, 0.1) is 24.7 Å². The van der Waals surface area contributed by atoms with Crippen molar-refractivity contribution < 1.29 is 0 Å². The summed E-state index contributed by atoms with van der Waals surface area (Å²) in [5.74, 6) is 2.29. The van der Waals surface area contributed by atoms with Gasteiger partial charge in [0.15, 0.2) is 0 Å². The lowest BCUT2D eigenvalue weighted by Gasteiger charge is -2.56. The number of anilines is 2.